The van der Waals surface area contributed by atoms with E-state index >= 15 is 0 Å². The van der Waals surface area contributed by atoms with Gasteiger partial charge in [0.15, 0.2) is 11.4 Å². The molecule has 0 aliphatic heterocycles. The lowest BCUT2D eigenvalue weighted by molar-refractivity contribution is -0.137. The molecule has 1 amide bonds. The zero-order valence-electron chi connectivity index (χ0n) is 10.6. The predicted molar refractivity (Wildman–Crippen MR) is 66.2 cm³/mol. The molecule has 0 fully saturated rings. The van der Waals surface area contributed by atoms with Crippen LogP contribution in [0.1, 0.15) is 26.5 Å². The molecule has 0 aliphatic rings. The molecule has 0 radical (unpaired) electrons. The molecule has 2 N–H and O–H groups in total. The normalized spacial score (nSPS) is 11.0. The summed E-state index contributed by atoms with van der Waals surface area (Å²) in [5.41, 5.74) is -2.03. The molecule has 114 valence electrons. The molecule has 2 aromatic rings. The standard InChI is InChI=1S/C12H7F3N4O3/c13-12(14,15)6-1-2-7(18-5-6)19-10(20)8-9(11(21)22)17-4-3-16-8/h1-5H,(H,21,22)(H,18,19,20). The van der Waals surface area contributed by atoms with E-state index in [1.54, 1.807) is 0 Å². The van der Waals surface area contributed by atoms with E-state index in [0.29, 0.717) is 6.20 Å². The minimum absolute atomic E-state index is 0.181. The third-order valence-corrected chi connectivity index (χ3v) is 2.45. The van der Waals surface area contributed by atoms with Gasteiger partial charge in [-0.1, -0.05) is 0 Å². The number of carboxylic acids is 1. The highest BCUT2D eigenvalue weighted by Crippen LogP contribution is 2.28. The van der Waals surface area contributed by atoms with E-state index in [2.05, 4.69) is 20.3 Å². The number of halogens is 3. The number of pyridine rings is 1. The zero-order chi connectivity index (χ0) is 16.3. The fourth-order valence-electron chi connectivity index (χ4n) is 1.47. The average Bonchev–Trinajstić information content (AvgIpc) is 2.46. The lowest BCUT2D eigenvalue weighted by atomic mass is 10.2. The molecule has 0 saturated carbocycles. The van der Waals surface area contributed by atoms with E-state index < -0.39 is 35.0 Å². The predicted octanol–water partition coefficient (Wildman–Crippen LogP) is 1.84. The van der Waals surface area contributed by atoms with Gasteiger partial charge in [0.25, 0.3) is 5.91 Å². The maximum Gasteiger partial charge on any atom is 0.417 e. The molecule has 2 rings (SSSR count). The molecule has 0 aromatic carbocycles. The van der Waals surface area contributed by atoms with E-state index in [4.69, 9.17) is 5.11 Å². The van der Waals surface area contributed by atoms with Gasteiger partial charge in [0.1, 0.15) is 5.82 Å². The largest absolute Gasteiger partial charge is 0.476 e. The summed E-state index contributed by atoms with van der Waals surface area (Å²) in [6.45, 7) is 0. The number of nitrogens with one attached hydrogen (secondary N) is 1. The van der Waals surface area contributed by atoms with Crippen molar-refractivity contribution < 1.29 is 27.9 Å². The van der Waals surface area contributed by atoms with Gasteiger partial charge in [-0.15, -0.1) is 0 Å². The van der Waals surface area contributed by atoms with Gasteiger partial charge >= 0.3 is 12.1 Å². The first-order valence-electron chi connectivity index (χ1n) is 5.68. The van der Waals surface area contributed by atoms with Crippen molar-refractivity contribution in [3.05, 3.63) is 47.7 Å². The molecule has 7 nitrogen and oxygen atoms in total. The van der Waals surface area contributed by atoms with Crippen LogP contribution in [0.4, 0.5) is 19.0 Å². The van der Waals surface area contributed by atoms with E-state index in [1.807, 2.05) is 0 Å². The summed E-state index contributed by atoms with van der Waals surface area (Å²) in [5, 5.41) is 11.0. The van der Waals surface area contributed by atoms with E-state index in [9.17, 15) is 22.8 Å². The number of rotatable bonds is 3. The Labute approximate surface area is 120 Å². The van der Waals surface area contributed by atoms with Crippen molar-refractivity contribution in [1.29, 1.82) is 0 Å². The number of nitrogens with zero attached hydrogens (tertiary/aromatic N) is 3. The summed E-state index contributed by atoms with van der Waals surface area (Å²) in [5.74, 6) is -2.59. The van der Waals surface area contributed by atoms with Crippen molar-refractivity contribution in [3.63, 3.8) is 0 Å². The van der Waals surface area contributed by atoms with Gasteiger partial charge in [0.2, 0.25) is 0 Å². The Hall–Kier alpha value is -3.04. The Balaban J connectivity index is 2.21. The van der Waals surface area contributed by atoms with Crippen LogP contribution in [-0.2, 0) is 6.18 Å². The first-order valence-corrected chi connectivity index (χ1v) is 5.68. The Morgan fingerprint density at radius 2 is 1.68 bits per heavy atom. The van der Waals surface area contributed by atoms with E-state index in [0.717, 1.165) is 24.5 Å². The van der Waals surface area contributed by atoms with Gasteiger partial charge < -0.3 is 10.4 Å². The second-order valence-electron chi connectivity index (χ2n) is 3.94. The number of carboxylic acid groups (broad SMARTS) is 1. The van der Waals surface area contributed by atoms with Gasteiger partial charge in [0, 0.05) is 18.6 Å². The summed E-state index contributed by atoms with van der Waals surface area (Å²) >= 11 is 0. The zero-order valence-corrected chi connectivity index (χ0v) is 10.6. The second kappa shape index (κ2) is 5.76. The lowest BCUT2D eigenvalue weighted by Crippen LogP contribution is -2.20. The van der Waals surface area contributed by atoms with Crippen molar-refractivity contribution in [2.24, 2.45) is 0 Å². The number of hydrogen-bond acceptors (Lipinski definition) is 5. The van der Waals surface area contributed by atoms with Crippen LogP contribution in [0.15, 0.2) is 30.7 Å². The van der Waals surface area contributed by atoms with Crippen LogP contribution in [0, 0.1) is 0 Å². The number of aromatic nitrogens is 3. The second-order valence-corrected chi connectivity index (χ2v) is 3.94. The summed E-state index contributed by atoms with van der Waals surface area (Å²) in [4.78, 5) is 33.3. The molecule has 0 saturated heterocycles. The van der Waals surface area contributed by atoms with Crippen LogP contribution in [0.3, 0.4) is 0 Å². The number of hydrogen-bond donors (Lipinski definition) is 2. The molecule has 0 atom stereocenters. The SMILES string of the molecule is O=C(O)c1nccnc1C(=O)Nc1ccc(C(F)(F)F)cn1. The molecular weight excluding hydrogens is 305 g/mol. The monoisotopic (exact) mass is 312 g/mol. The van der Waals surface area contributed by atoms with Gasteiger partial charge in [-0.2, -0.15) is 13.2 Å². The van der Waals surface area contributed by atoms with Crippen molar-refractivity contribution in [2.45, 2.75) is 6.18 Å². The summed E-state index contributed by atoms with van der Waals surface area (Å²) < 4.78 is 37.1. The van der Waals surface area contributed by atoms with Crippen molar-refractivity contribution in [1.82, 2.24) is 15.0 Å². The number of alkyl halides is 3. The first kappa shape index (κ1) is 15.4. The molecule has 2 heterocycles. The molecule has 0 spiro atoms. The Morgan fingerprint density at radius 3 is 2.18 bits per heavy atom. The quantitative estimate of drug-likeness (QED) is 0.896. The summed E-state index contributed by atoms with van der Waals surface area (Å²) in [6.07, 6.45) is -1.79. The van der Waals surface area contributed by atoms with E-state index in [1.165, 1.54) is 0 Å². The van der Waals surface area contributed by atoms with Crippen LogP contribution in [0.5, 0.6) is 0 Å². The Morgan fingerprint density at radius 1 is 1.05 bits per heavy atom. The average molecular weight is 312 g/mol. The molecule has 2 aromatic heterocycles. The maximum atomic E-state index is 12.4. The highest BCUT2D eigenvalue weighted by atomic mass is 19.4. The van der Waals surface area contributed by atoms with Gasteiger partial charge in [-0.05, 0) is 12.1 Å². The van der Waals surface area contributed by atoms with Gasteiger partial charge in [-0.25, -0.2) is 19.7 Å². The topological polar surface area (TPSA) is 105 Å². The van der Waals surface area contributed by atoms with Crippen molar-refractivity contribution in [2.75, 3.05) is 5.32 Å². The van der Waals surface area contributed by atoms with Crippen LogP contribution in [0.25, 0.3) is 0 Å². The van der Waals surface area contributed by atoms with Crippen molar-refractivity contribution in [3.8, 4) is 0 Å². The minimum Gasteiger partial charge on any atom is -0.476 e. The van der Waals surface area contributed by atoms with Gasteiger partial charge in [-0.3, -0.25) is 4.79 Å². The first-order chi connectivity index (χ1) is 10.3. The number of carbonyl (C=O) groups is 2. The highest BCUT2D eigenvalue weighted by molar-refractivity contribution is 6.08. The van der Waals surface area contributed by atoms with Gasteiger partial charge in [0.05, 0.1) is 5.56 Å². The van der Waals surface area contributed by atoms with Crippen LogP contribution in [0.2, 0.25) is 0 Å². The fourth-order valence-corrected chi connectivity index (χ4v) is 1.47. The minimum atomic E-state index is -4.54. The Kier molecular flexibility index (Phi) is 4.02. The Bertz CT molecular complexity index is 716. The third-order valence-electron chi connectivity index (χ3n) is 2.45. The number of amides is 1. The smallest absolute Gasteiger partial charge is 0.417 e. The summed E-state index contributed by atoms with van der Waals surface area (Å²) in [7, 11) is 0. The van der Waals surface area contributed by atoms with Crippen molar-refractivity contribution >= 4 is 17.7 Å². The molecular formula is C12H7F3N4O3. The van der Waals surface area contributed by atoms with Crippen LogP contribution < -0.4 is 5.32 Å². The molecule has 22 heavy (non-hydrogen) atoms. The third kappa shape index (κ3) is 3.34. The number of anilines is 1. The lowest BCUT2D eigenvalue weighted by Gasteiger charge is -2.08. The summed E-state index contributed by atoms with van der Waals surface area (Å²) in [6, 6.07) is 1.68. The van der Waals surface area contributed by atoms with E-state index in [-0.39, 0.29) is 5.82 Å². The maximum absolute atomic E-state index is 12.4. The molecule has 0 aliphatic carbocycles. The van der Waals surface area contributed by atoms with Crippen LogP contribution in [-0.4, -0.2) is 31.9 Å². The number of aromatic carboxylic acids is 1. The molecule has 0 bridgehead atoms. The molecule has 10 heteroatoms. The molecule has 0 unspecified atom stereocenters. The number of carbonyl (C=O) groups excluding carboxylic acids is 1. The highest BCUT2D eigenvalue weighted by Gasteiger charge is 2.30. The van der Waals surface area contributed by atoms with Crippen LogP contribution >= 0.6 is 0 Å². The fraction of sp³-hybridized carbons (Fsp3) is 0.0833.